The third-order valence-corrected chi connectivity index (χ3v) is 5.04. The van der Waals surface area contributed by atoms with Gasteiger partial charge in [-0.25, -0.2) is 0 Å². The Labute approximate surface area is 125 Å². The standard InChI is InChI=1S/C16H24BrNO/c1-4-5-15-10-13(6-7-19-15)18-14-8-11(2)16(17)12(3)9-14/h8-9,13,15,18H,4-7,10H2,1-3H3. The van der Waals surface area contributed by atoms with Crippen LogP contribution in [0.1, 0.15) is 43.7 Å². The van der Waals surface area contributed by atoms with Crippen molar-refractivity contribution in [2.24, 2.45) is 0 Å². The molecular formula is C16H24BrNO. The van der Waals surface area contributed by atoms with Crippen LogP contribution in [0.25, 0.3) is 0 Å². The van der Waals surface area contributed by atoms with Crippen molar-refractivity contribution in [3.05, 3.63) is 27.7 Å². The van der Waals surface area contributed by atoms with E-state index in [0.29, 0.717) is 12.1 Å². The van der Waals surface area contributed by atoms with E-state index < -0.39 is 0 Å². The van der Waals surface area contributed by atoms with Crippen LogP contribution in [0, 0.1) is 13.8 Å². The number of hydrogen-bond acceptors (Lipinski definition) is 2. The Hall–Kier alpha value is -0.540. The fraction of sp³-hybridized carbons (Fsp3) is 0.625. The molecule has 0 aromatic heterocycles. The van der Waals surface area contributed by atoms with E-state index >= 15 is 0 Å². The zero-order valence-electron chi connectivity index (χ0n) is 12.1. The Morgan fingerprint density at radius 1 is 1.32 bits per heavy atom. The molecule has 19 heavy (non-hydrogen) atoms. The lowest BCUT2D eigenvalue weighted by Gasteiger charge is -2.31. The fourth-order valence-corrected chi connectivity index (χ4v) is 3.03. The van der Waals surface area contributed by atoms with Gasteiger partial charge >= 0.3 is 0 Å². The molecule has 1 aliphatic heterocycles. The summed E-state index contributed by atoms with van der Waals surface area (Å²) in [4.78, 5) is 0. The van der Waals surface area contributed by atoms with Crippen LogP contribution in [0.2, 0.25) is 0 Å². The topological polar surface area (TPSA) is 21.3 Å². The van der Waals surface area contributed by atoms with Gasteiger partial charge in [-0.2, -0.15) is 0 Å². The Morgan fingerprint density at radius 3 is 2.63 bits per heavy atom. The van der Waals surface area contributed by atoms with Gasteiger partial charge in [-0.05, 0) is 56.4 Å². The van der Waals surface area contributed by atoms with E-state index in [1.807, 2.05) is 0 Å². The molecule has 0 aliphatic carbocycles. The minimum atomic E-state index is 0.439. The third-order valence-electron chi connectivity index (χ3n) is 3.79. The molecule has 1 fully saturated rings. The second kappa shape index (κ2) is 6.76. The van der Waals surface area contributed by atoms with Gasteiger partial charge in [0.25, 0.3) is 0 Å². The molecule has 2 rings (SSSR count). The number of aryl methyl sites for hydroxylation is 2. The molecule has 2 nitrogen and oxygen atoms in total. The zero-order chi connectivity index (χ0) is 13.8. The molecule has 1 N–H and O–H groups in total. The second-order valence-corrected chi connectivity index (χ2v) is 6.36. The highest BCUT2D eigenvalue weighted by molar-refractivity contribution is 9.10. The third kappa shape index (κ3) is 3.96. The maximum Gasteiger partial charge on any atom is 0.0594 e. The van der Waals surface area contributed by atoms with Gasteiger partial charge in [0.2, 0.25) is 0 Å². The Morgan fingerprint density at radius 2 is 2.00 bits per heavy atom. The first-order chi connectivity index (χ1) is 9.10. The number of hydrogen-bond donors (Lipinski definition) is 1. The van der Waals surface area contributed by atoms with Crippen LogP contribution in [-0.2, 0) is 4.74 Å². The molecule has 0 amide bonds. The highest BCUT2D eigenvalue weighted by Gasteiger charge is 2.21. The maximum absolute atomic E-state index is 5.81. The molecule has 2 atom stereocenters. The molecule has 0 spiro atoms. The summed E-state index contributed by atoms with van der Waals surface area (Å²) in [6.07, 6.45) is 5.05. The summed E-state index contributed by atoms with van der Waals surface area (Å²) in [5.41, 5.74) is 3.82. The van der Waals surface area contributed by atoms with Crippen molar-refractivity contribution in [1.29, 1.82) is 0 Å². The first kappa shape index (κ1) is 14.9. The van der Waals surface area contributed by atoms with Gasteiger partial charge < -0.3 is 10.1 Å². The normalized spacial score (nSPS) is 23.4. The van der Waals surface area contributed by atoms with Gasteiger partial charge in [0.15, 0.2) is 0 Å². The molecular weight excluding hydrogens is 302 g/mol. The number of halogens is 1. The van der Waals surface area contributed by atoms with Gasteiger partial charge in [0, 0.05) is 22.8 Å². The Balaban J connectivity index is 2.00. The molecule has 1 aliphatic rings. The van der Waals surface area contributed by atoms with Crippen molar-refractivity contribution in [1.82, 2.24) is 0 Å². The van der Waals surface area contributed by atoms with Gasteiger partial charge in [0.05, 0.1) is 6.10 Å². The van der Waals surface area contributed by atoms with Crippen molar-refractivity contribution in [3.8, 4) is 0 Å². The molecule has 2 unspecified atom stereocenters. The van der Waals surface area contributed by atoms with Crippen molar-refractivity contribution >= 4 is 21.6 Å². The minimum absolute atomic E-state index is 0.439. The summed E-state index contributed by atoms with van der Waals surface area (Å²) in [6.45, 7) is 7.40. The van der Waals surface area contributed by atoms with Crippen LogP contribution in [-0.4, -0.2) is 18.8 Å². The predicted molar refractivity (Wildman–Crippen MR) is 84.9 cm³/mol. The molecule has 1 saturated heterocycles. The van der Waals surface area contributed by atoms with Crippen molar-refractivity contribution in [3.63, 3.8) is 0 Å². The minimum Gasteiger partial charge on any atom is -0.382 e. The lowest BCUT2D eigenvalue weighted by Crippen LogP contribution is -2.34. The lowest BCUT2D eigenvalue weighted by atomic mass is 9.99. The van der Waals surface area contributed by atoms with E-state index in [0.717, 1.165) is 19.4 Å². The van der Waals surface area contributed by atoms with Crippen LogP contribution in [0.3, 0.4) is 0 Å². The fourth-order valence-electron chi connectivity index (χ4n) is 2.80. The molecule has 1 aromatic rings. The number of ether oxygens (including phenoxy) is 1. The average molecular weight is 326 g/mol. The number of benzene rings is 1. The van der Waals surface area contributed by atoms with Crippen molar-refractivity contribution < 1.29 is 4.74 Å². The molecule has 0 radical (unpaired) electrons. The highest BCUT2D eigenvalue weighted by atomic mass is 79.9. The van der Waals surface area contributed by atoms with Gasteiger partial charge in [-0.1, -0.05) is 29.3 Å². The van der Waals surface area contributed by atoms with Crippen LogP contribution in [0.5, 0.6) is 0 Å². The number of anilines is 1. The molecule has 1 heterocycles. The first-order valence-electron chi connectivity index (χ1n) is 7.25. The SMILES string of the molecule is CCCC1CC(Nc2cc(C)c(Br)c(C)c2)CCO1. The van der Waals surface area contributed by atoms with E-state index in [1.165, 1.54) is 34.1 Å². The van der Waals surface area contributed by atoms with Crippen LogP contribution < -0.4 is 5.32 Å². The van der Waals surface area contributed by atoms with E-state index in [4.69, 9.17) is 4.74 Å². The van der Waals surface area contributed by atoms with Crippen molar-refractivity contribution in [2.75, 3.05) is 11.9 Å². The Bertz CT molecular complexity index is 408. The maximum atomic E-state index is 5.81. The summed E-state index contributed by atoms with van der Waals surface area (Å²) in [5, 5.41) is 3.68. The van der Waals surface area contributed by atoms with Crippen LogP contribution in [0.15, 0.2) is 16.6 Å². The summed E-state index contributed by atoms with van der Waals surface area (Å²) in [7, 11) is 0. The monoisotopic (exact) mass is 325 g/mol. The quantitative estimate of drug-likeness (QED) is 0.856. The average Bonchev–Trinajstić information content (AvgIpc) is 2.37. The molecule has 1 aromatic carbocycles. The molecule has 106 valence electrons. The predicted octanol–water partition coefficient (Wildman–Crippen LogP) is 4.83. The molecule has 0 bridgehead atoms. The van der Waals surface area contributed by atoms with Crippen molar-refractivity contribution in [2.45, 2.75) is 58.6 Å². The molecule has 3 heteroatoms. The zero-order valence-corrected chi connectivity index (χ0v) is 13.7. The smallest absolute Gasteiger partial charge is 0.0594 e. The van der Waals surface area contributed by atoms with E-state index in [1.54, 1.807) is 0 Å². The second-order valence-electron chi connectivity index (χ2n) is 5.57. The number of nitrogens with one attached hydrogen (secondary N) is 1. The molecule has 0 saturated carbocycles. The summed E-state index contributed by atoms with van der Waals surface area (Å²) < 4.78 is 7.02. The van der Waals surface area contributed by atoms with Crippen LogP contribution >= 0.6 is 15.9 Å². The van der Waals surface area contributed by atoms with Gasteiger partial charge in [-0.3, -0.25) is 0 Å². The van der Waals surface area contributed by atoms with Gasteiger partial charge in [-0.15, -0.1) is 0 Å². The Kier molecular flexibility index (Phi) is 5.28. The van der Waals surface area contributed by atoms with Gasteiger partial charge in [0.1, 0.15) is 0 Å². The summed E-state index contributed by atoms with van der Waals surface area (Å²) in [5.74, 6) is 0. The largest absolute Gasteiger partial charge is 0.382 e. The van der Waals surface area contributed by atoms with E-state index in [-0.39, 0.29) is 0 Å². The lowest BCUT2D eigenvalue weighted by molar-refractivity contribution is 0.00598. The van der Waals surface area contributed by atoms with E-state index in [2.05, 4.69) is 54.2 Å². The van der Waals surface area contributed by atoms with Crippen LogP contribution in [0.4, 0.5) is 5.69 Å². The highest BCUT2D eigenvalue weighted by Crippen LogP contribution is 2.27. The number of rotatable bonds is 4. The summed E-state index contributed by atoms with van der Waals surface area (Å²) >= 11 is 3.62. The summed E-state index contributed by atoms with van der Waals surface area (Å²) in [6, 6.07) is 4.99. The van der Waals surface area contributed by atoms with E-state index in [9.17, 15) is 0 Å². The first-order valence-corrected chi connectivity index (χ1v) is 8.04.